The number of ether oxygens (including phenoxy) is 2. The van der Waals surface area contributed by atoms with Crippen LogP contribution in [0.25, 0.3) is 0 Å². The number of rotatable bonds is 11. The lowest BCUT2D eigenvalue weighted by Crippen LogP contribution is -2.35. The molecule has 10 heteroatoms. The van der Waals surface area contributed by atoms with Crippen molar-refractivity contribution in [3.63, 3.8) is 0 Å². The third-order valence-electron chi connectivity index (χ3n) is 4.18. The number of nitrogens with one attached hydrogen (secondary N) is 1. The summed E-state index contributed by atoms with van der Waals surface area (Å²) in [5.41, 5.74) is 0.564. The first kappa shape index (κ1) is 24.0. The molecule has 0 aliphatic heterocycles. The molecule has 9 nitrogen and oxygen atoms in total. The van der Waals surface area contributed by atoms with Crippen molar-refractivity contribution in [2.45, 2.75) is 38.5 Å². The molecule has 1 heterocycles. The van der Waals surface area contributed by atoms with E-state index in [0.717, 1.165) is 19.0 Å². The van der Waals surface area contributed by atoms with Crippen molar-refractivity contribution in [3.05, 3.63) is 59.4 Å². The first-order valence-electron chi connectivity index (χ1n) is 9.59. The smallest absolute Gasteiger partial charge is 0.303 e. The molecule has 2 aromatic rings. The van der Waals surface area contributed by atoms with E-state index in [1.165, 1.54) is 31.2 Å². The minimum Gasteiger partial charge on any atom is -0.494 e. The maximum absolute atomic E-state index is 12.6. The molecule has 0 spiro atoms. The molecule has 1 N–H and O–H groups in total. The minimum absolute atomic E-state index is 0.0283. The van der Waals surface area contributed by atoms with E-state index in [2.05, 4.69) is 4.98 Å². The number of esters is 1. The van der Waals surface area contributed by atoms with Crippen molar-refractivity contribution in [2.24, 2.45) is 0 Å². The molecule has 0 aliphatic carbocycles. The number of amides is 1. The lowest BCUT2D eigenvalue weighted by Gasteiger charge is -2.14. The van der Waals surface area contributed by atoms with Crippen LogP contribution in [0, 0.1) is 0 Å². The molecule has 0 saturated heterocycles. The van der Waals surface area contributed by atoms with Gasteiger partial charge in [-0.15, -0.1) is 0 Å². The van der Waals surface area contributed by atoms with Gasteiger partial charge in [0.2, 0.25) is 10.0 Å². The van der Waals surface area contributed by atoms with E-state index >= 15 is 0 Å². The minimum atomic E-state index is -4.34. The number of benzene rings is 1. The summed E-state index contributed by atoms with van der Waals surface area (Å²) in [6.45, 7) is 3.76. The van der Waals surface area contributed by atoms with E-state index in [0.29, 0.717) is 18.1 Å². The van der Waals surface area contributed by atoms with Gasteiger partial charge in [-0.05, 0) is 36.2 Å². The van der Waals surface area contributed by atoms with Crippen LogP contribution in [-0.4, -0.2) is 38.2 Å². The number of aromatic nitrogens is 1. The Morgan fingerprint density at radius 3 is 2.42 bits per heavy atom. The Morgan fingerprint density at radius 1 is 1.16 bits per heavy atom. The van der Waals surface area contributed by atoms with Crippen molar-refractivity contribution in [3.8, 4) is 5.75 Å². The Morgan fingerprint density at radius 2 is 1.87 bits per heavy atom. The highest BCUT2D eigenvalue weighted by Crippen LogP contribution is 2.23. The summed E-state index contributed by atoms with van der Waals surface area (Å²) in [4.78, 5) is 38.6. The Kier molecular flexibility index (Phi) is 8.68. The van der Waals surface area contributed by atoms with Gasteiger partial charge < -0.3 is 14.3 Å². The zero-order chi connectivity index (χ0) is 22.9. The van der Waals surface area contributed by atoms with Gasteiger partial charge in [0.25, 0.3) is 5.91 Å². The van der Waals surface area contributed by atoms with Crippen LogP contribution >= 0.6 is 0 Å². The number of carbonyl (C=O) groups excluding carboxylic acids is 3. The molecule has 1 aromatic heterocycles. The lowest BCUT2D eigenvalue weighted by molar-refractivity contribution is -0.142. The van der Waals surface area contributed by atoms with E-state index in [1.54, 1.807) is 12.1 Å². The second kappa shape index (κ2) is 11.2. The maximum atomic E-state index is 12.6. The number of aldehydes is 1. The van der Waals surface area contributed by atoms with Crippen LogP contribution in [0.4, 0.5) is 0 Å². The average Bonchev–Trinajstić information content (AvgIpc) is 2.74. The van der Waals surface area contributed by atoms with Gasteiger partial charge in [-0.1, -0.05) is 25.5 Å². The topological polar surface area (TPSA) is 129 Å². The molecule has 0 radical (unpaired) electrons. The zero-order valence-electron chi connectivity index (χ0n) is 17.2. The van der Waals surface area contributed by atoms with Gasteiger partial charge in [-0.3, -0.25) is 14.6 Å². The predicted octanol–water partition coefficient (Wildman–Crippen LogP) is 2.32. The predicted molar refractivity (Wildman–Crippen MR) is 112 cm³/mol. The zero-order valence-corrected chi connectivity index (χ0v) is 18.1. The molecule has 0 fully saturated rings. The molecule has 0 saturated carbocycles. The van der Waals surface area contributed by atoms with Crippen molar-refractivity contribution >= 4 is 28.2 Å². The summed E-state index contributed by atoms with van der Waals surface area (Å²) >= 11 is 0. The summed E-state index contributed by atoms with van der Waals surface area (Å²) < 4.78 is 37.4. The molecule has 1 atom stereocenters. The van der Waals surface area contributed by atoms with Crippen LogP contribution in [0.15, 0.2) is 42.6 Å². The second-order valence-corrected chi connectivity index (χ2v) is 8.42. The van der Waals surface area contributed by atoms with Crippen molar-refractivity contribution in [2.75, 3.05) is 6.61 Å². The highest BCUT2D eigenvalue weighted by molar-refractivity contribution is 7.91. The fraction of sp³-hybridized carbons (Fsp3) is 0.333. The Hall–Kier alpha value is -3.27. The van der Waals surface area contributed by atoms with Gasteiger partial charge >= 0.3 is 5.97 Å². The molecule has 1 amide bonds. The molecule has 0 aliphatic rings. The molecular formula is C21H24N2O7S. The van der Waals surface area contributed by atoms with E-state index < -0.39 is 27.1 Å². The summed E-state index contributed by atoms with van der Waals surface area (Å²) in [6.07, 6.45) is 3.28. The van der Waals surface area contributed by atoms with E-state index in [9.17, 15) is 22.8 Å². The van der Waals surface area contributed by atoms with Crippen LogP contribution in [0.1, 0.15) is 53.6 Å². The van der Waals surface area contributed by atoms with E-state index in [-0.39, 0.29) is 24.0 Å². The molecule has 166 valence electrons. The molecule has 2 rings (SSSR count). The Labute approximate surface area is 180 Å². The van der Waals surface area contributed by atoms with Crippen LogP contribution in [0.5, 0.6) is 5.75 Å². The normalized spacial score (nSPS) is 11.9. The first-order valence-corrected chi connectivity index (χ1v) is 11.1. The first-order chi connectivity index (χ1) is 14.8. The highest BCUT2D eigenvalue weighted by atomic mass is 32.2. The standard InChI is InChI=1S/C21H24N2O7S/c1-3-4-11-29-19-9-6-16(7-10-19)20(13-24)31(27,28)23-21(26)17-5-8-18(22-12-17)14-30-15(2)25/h5-10,12-13,20H,3-4,11,14H2,1-2H3,(H,23,26). The number of hydrogen-bond acceptors (Lipinski definition) is 8. The SMILES string of the molecule is CCCCOc1ccc(C(C=O)S(=O)(=O)NC(=O)c2ccc(COC(C)=O)nc2)cc1. The van der Waals surface area contributed by atoms with Gasteiger partial charge in [0.15, 0.2) is 5.25 Å². The summed E-state index contributed by atoms with van der Waals surface area (Å²) in [7, 11) is -4.34. The molecule has 31 heavy (non-hydrogen) atoms. The Bertz CT molecular complexity index is 1000. The van der Waals surface area contributed by atoms with Crippen LogP contribution in [0.3, 0.4) is 0 Å². The number of nitrogens with zero attached hydrogens (tertiary/aromatic N) is 1. The van der Waals surface area contributed by atoms with Crippen LogP contribution in [0.2, 0.25) is 0 Å². The van der Waals surface area contributed by atoms with Crippen molar-refractivity contribution in [1.82, 2.24) is 9.71 Å². The molecular weight excluding hydrogens is 424 g/mol. The number of unbranched alkanes of at least 4 members (excludes halogenated alkanes) is 1. The van der Waals surface area contributed by atoms with E-state index in [4.69, 9.17) is 9.47 Å². The fourth-order valence-electron chi connectivity index (χ4n) is 2.49. The Balaban J connectivity index is 2.07. The molecule has 1 aromatic carbocycles. The maximum Gasteiger partial charge on any atom is 0.303 e. The quantitative estimate of drug-likeness (QED) is 0.315. The molecule has 0 bridgehead atoms. The number of carbonyl (C=O) groups is 3. The van der Waals surface area contributed by atoms with Gasteiger partial charge in [0, 0.05) is 13.1 Å². The van der Waals surface area contributed by atoms with Gasteiger partial charge in [0.1, 0.15) is 18.6 Å². The average molecular weight is 448 g/mol. The third-order valence-corrected chi connectivity index (χ3v) is 5.70. The number of hydrogen-bond donors (Lipinski definition) is 1. The molecule has 1 unspecified atom stereocenters. The second-order valence-electron chi connectivity index (χ2n) is 6.62. The summed E-state index contributed by atoms with van der Waals surface area (Å²) in [6, 6.07) is 8.86. The van der Waals surface area contributed by atoms with Gasteiger partial charge in [-0.2, -0.15) is 0 Å². The fourth-order valence-corrected chi connectivity index (χ4v) is 3.66. The number of sulfonamides is 1. The van der Waals surface area contributed by atoms with Crippen molar-refractivity contribution < 1.29 is 32.3 Å². The van der Waals surface area contributed by atoms with Gasteiger partial charge in [0.05, 0.1) is 17.9 Å². The van der Waals surface area contributed by atoms with Crippen molar-refractivity contribution in [1.29, 1.82) is 0 Å². The third kappa shape index (κ3) is 7.18. The largest absolute Gasteiger partial charge is 0.494 e. The van der Waals surface area contributed by atoms with Crippen LogP contribution in [-0.2, 0) is 31.0 Å². The summed E-state index contributed by atoms with van der Waals surface area (Å²) in [5.74, 6) is -0.851. The summed E-state index contributed by atoms with van der Waals surface area (Å²) in [5, 5.41) is -1.57. The number of pyridine rings is 1. The van der Waals surface area contributed by atoms with Crippen LogP contribution < -0.4 is 9.46 Å². The lowest BCUT2D eigenvalue weighted by atomic mass is 10.1. The van der Waals surface area contributed by atoms with Gasteiger partial charge in [-0.25, -0.2) is 13.1 Å². The monoisotopic (exact) mass is 448 g/mol. The highest BCUT2D eigenvalue weighted by Gasteiger charge is 2.29. The van der Waals surface area contributed by atoms with E-state index in [1.807, 2.05) is 11.6 Å².